The lowest BCUT2D eigenvalue weighted by Gasteiger charge is -2.25. The highest BCUT2D eigenvalue weighted by Gasteiger charge is 2.33. The van der Waals surface area contributed by atoms with Gasteiger partial charge < -0.3 is 15.5 Å². The van der Waals surface area contributed by atoms with Crippen LogP contribution in [0.15, 0.2) is 54.6 Å². The Hall–Kier alpha value is -3.68. The summed E-state index contributed by atoms with van der Waals surface area (Å²) < 4.78 is 0. The topological polar surface area (TPSA) is 108 Å². The Morgan fingerprint density at radius 3 is 2.33 bits per heavy atom. The molecule has 0 aliphatic carbocycles. The van der Waals surface area contributed by atoms with Gasteiger partial charge in [-0.2, -0.15) is 0 Å². The predicted octanol–water partition coefficient (Wildman–Crippen LogP) is 1.28. The van der Waals surface area contributed by atoms with E-state index in [1.165, 1.54) is 4.90 Å². The fraction of sp³-hybridized carbons (Fsp3) is 0.273. The standard InChI is InChI=1S/C22H24N4O4/c1-14-8-10-16(11-9-14)26(2)21(29)18(12-15-6-4-3-5-7-15)23-19(27)13-17-20(28)25-22(30)24-17/h3-11,17-18H,12-13H2,1-2H3,(H,23,27)(H2,24,25,28,30)/t17?,18-/m0/s1. The molecule has 1 fully saturated rings. The summed E-state index contributed by atoms with van der Waals surface area (Å²) in [5.41, 5.74) is 2.67. The van der Waals surface area contributed by atoms with Crippen LogP contribution in [0.3, 0.4) is 0 Å². The lowest BCUT2D eigenvalue weighted by atomic mass is 10.0. The number of likely N-dealkylation sites (N-methyl/N-ethyl adjacent to an activating group) is 1. The summed E-state index contributed by atoms with van der Waals surface area (Å²) in [6.07, 6.45) is 0.0508. The number of rotatable bonds is 7. The first kappa shape index (κ1) is 21.0. The molecule has 1 saturated heterocycles. The first-order chi connectivity index (χ1) is 14.3. The van der Waals surface area contributed by atoms with Crippen LogP contribution < -0.4 is 20.9 Å². The molecule has 156 valence electrons. The second-order valence-corrected chi connectivity index (χ2v) is 7.26. The summed E-state index contributed by atoms with van der Waals surface area (Å²) >= 11 is 0. The summed E-state index contributed by atoms with van der Waals surface area (Å²) in [6.45, 7) is 1.96. The van der Waals surface area contributed by atoms with Gasteiger partial charge in [0.15, 0.2) is 0 Å². The van der Waals surface area contributed by atoms with Crippen LogP contribution >= 0.6 is 0 Å². The maximum atomic E-state index is 13.2. The normalized spacial score (nSPS) is 16.4. The number of amides is 5. The van der Waals surface area contributed by atoms with Crippen molar-refractivity contribution < 1.29 is 19.2 Å². The number of carbonyl (C=O) groups is 4. The summed E-state index contributed by atoms with van der Waals surface area (Å²) in [5.74, 6) is -1.34. The maximum Gasteiger partial charge on any atom is 0.322 e. The van der Waals surface area contributed by atoms with Gasteiger partial charge in [0.25, 0.3) is 5.91 Å². The molecule has 30 heavy (non-hydrogen) atoms. The van der Waals surface area contributed by atoms with Crippen LogP contribution in [0.25, 0.3) is 0 Å². The molecule has 0 saturated carbocycles. The maximum absolute atomic E-state index is 13.2. The third-order valence-corrected chi connectivity index (χ3v) is 4.92. The van der Waals surface area contributed by atoms with Crippen molar-refractivity contribution in [2.45, 2.75) is 31.8 Å². The van der Waals surface area contributed by atoms with Crippen molar-refractivity contribution >= 4 is 29.4 Å². The minimum absolute atomic E-state index is 0.246. The van der Waals surface area contributed by atoms with Gasteiger partial charge in [0.2, 0.25) is 11.8 Å². The number of imide groups is 1. The fourth-order valence-corrected chi connectivity index (χ4v) is 3.22. The van der Waals surface area contributed by atoms with Gasteiger partial charge >= 0.3 is 6.03 Å². The average Bonchev–Trinajstić information content (AvgIpc) is 3.04. The van der Waals surface area contributed by atoms with Crippen molar-refractivity contribution in [3.05, 3.63) is 65.7 Å². The van der Waals surface area contributed by atoms with Crippen molar-refractivity contribution in [1.29, 1.82) is 0 Å². The number of hydrogen-bond acceptors (Lipinski definition) is 4. The lowest BCUT2D eigenvalue weighted by Crippen LogP contribution is -2.50. The zero-order valence-electron chi connectivity index (χ0n) is 16.8. The van der Waals surface area contributed by atoms with Gasteiger partial charge in [-0.05, 0) is 24.6 Å². The molecule has 1 heterocycles. The van der Waals surface area contributed by atoms with E-state index in [4.69, 9.17) is 0 Å². The van der Waals surface area contributed by atoms with Crippen LogP contribution in [0.4, 0.5) is 10.5 Å². The molecule has 0 radical (unpaired) electrons. The molecule has 2 aromatic rings. The minimum Gasteiger partial charge on any atom is -0.344 e. The first-order valence-electron chi connectivity index (χ1n) is 9.62. The van der Waals surface area contributed by atoms with Crippen LogP contribution in [0.1, 0.15) is 17.5 Å². The van der Waals surface area contributed by atoms with E-state index in [9.17, 15) is 19.2 Å². The molecular weight excluding hydrogens is 384 g/mol. The molecule has 2 atom stereocenters. The van der Waals surface area contributed by atoms with Crippen LogP contribution in [0.5, 0.6) is 0 Å². The number of hydrogen-bond donors (Lipinski definition) is 3. The number of urea groups is 1. The Morgan fingerprint density at radius 1 is 1.07 bits per heavy atom. The molecule has 0 bridgehead atoms. The number of aryl methyl sites for hydroxylation is 1. The van der Waals surface area contributed by atoms with E-state index in [-0.39, 0.29) is 12.3 Å². The highest BCUT2D eigenvalue weighted by molar-refractivity contribution is 6.06. The molecule has 0 spiro atoms. The van der Waals surface area contributed by atoms with Crippen LogP contribution in [0, 0.1) is 6.92 Å². The minimum atomic E-state index is -0.945. The van der Waals surface area contributed by atoms with E-state index in [0.717, 1.165) is 11.1 Å². The Bertz CT molecular complexity index is 943. The molecular formula is C22H24N4O4. The number of nitrogens with one attached hydrogen (secondary N) is 3. The molecule has 5 amide bonds. The van der Waals surface area contributed by atoms with Crippen molar-refractivity contribution in [2.24, 2.45) is 0 Å². The van der Waals surface area contributed by atoms with Crippen molar-refractivity contribution in [3.63, 3.8) is 0 Å². The quantitative estimate of drug-likeness (QED) is 0.600. The van der Waals surface area contributed by atoms with E-state index < -0.39 is 29.9 Å². The van der Waals surface area contributed by atoms with Crippen LogP contribution in [0.2, 0.25) is 0 Å². The SMILES string of the molecule is Cc1ccc(N(C)C(=O)[C@H](Cc2ccccc2)NC(=O)CC2NC(=O)NC2=O)cc1. The molecule has 0 aromatic heterocycles. The third kappa shape index (κ3) is 5.22. The molecule has 8 heteroatoms. The zero-order chi connectivity index (χ0) is 21.7. The van der Waals surface area contributed by atoms with Crippen LogP contribution in [-0.2, 0) is 20.8 Å². The molecule has 1 unspecified atom stereocenters. The summed E-state index contributed by atoms with van der Waals surface area (Å²) in [4.78, 5) is 50.2. The Morgan fingerprint density at radius 2 is 1.73 bits per heavy atom. The van der Waals surface area contributed by atoms with Gasteiger partial charge in [-0.3, -0.25) is 19.7 Å². The summed E-state index contributed by atoms with van der Waals surface area (Å²) in [5, 5.41) is 7.20. The first-order valence-corrected chi connectivity index (χ1v) is 9.62. The van der Waals surface area contributed by atoms with E-state index in [1.54, 1.807) is 7.05 Å². The summed E-state index contributed by atoms with van der Waals surface area (Å²) in [7, 11) is 1.65. The Balaban J connectivity index is 1.74. The van der Waals surface area contributed by atoms with Gasteiger partial charge in [-0.1, -0.05) is 48.0 Å². The zero-order valence-corrected chi connectivity index (χ0v) is 16.8. The van der Waals surface area contributed by atoms with Gasteiger partial charge in [-0.15, -0.1) is 0 Å². The van der Waals surface area contributed by atoms with Crippen molar-refractivity contribution in [1.82, 2.24) is 16.0 Å². The van der Waals surface area contributed by atoms with Gasteiger partial charge in [0.1, 0.15) is 12.1 Å². The molecule has 3 N–H and O–H groups in total. The highest BCUT2D eigenvalue weighted by atomic mass is 16.2. The highest BCUT2D eigenvalue weighted by Crippen LogP contribution is 2.16. The molecule has 1 aliphatic rings. The molecule has 3 rings (SSSR count). The fourth-order valence-electron chi connectivity index (χ4n) is 3.22. The number of benzene rings is 2. The van der Waals surface area contributed by atoms with Gasteiger partial charge in [0.05, 0.1) is 6.42 Å². The summed E-state index contributed by atoms with van der Waals surface area (Å²) in [6, 6.07) is 14.4. The number of carbonyl (C=O) groups excluding carboxylic acids is 4. The van der Waals surface area contributed by atoms with E-state index in [0.29, 0.717) is 12.1 Å². The Kier molecular flexibility index (Phi) is 6.46. The van der Waals surface area contributed by atoms with E-state index in [2.05, 4.69) is 16.0 Å². The second kappa shape index (κ2) is 9.21. The average molecular weight is 408 g/mol. The largest absolute Gasteiger partial charge is 0.344 e. The van der Waals surface area contributed by atoms with Gasteiger partial charge in [-0.25, -0.2) is 4.79 Å². The lowest BCUT2D eigenvalue weighted by molar-refractivity contribution is -0.129. The van der Waals surface area contributed by atoms with E-state index >= 15 is 0 Å². The molecule has 1 aliphatic heterocycles. The number of anilines is 1. The molecule has 2 aromatic carbocycles. The Labute approximate surface area is 174 Å². The van der Waals surface area contributed by atoms with Crippen molar-refractivity contribution in [2.75, 3.05) is 11.9 Å². The monoisotopic (exact) mass is 408 g/mol. The second-order valence-electron chi connectivity index (χ2n) is 7.26. The van der Waals surface area contributed by atoms with E-state index in [1.807, 2.05) is 61.5 Å². The molecule has 8 nitrogen and oxygen atoms in total. The van der Waals surface area contributed by atoms with Crippen molar-refractivity contribution in [3.8, 4) is 0 Å². The predicted molar refractivity (Wildman–Crippen MR) is 112 cm³/mol. The van der Waals surface area contributed by atoms with Gasteiger partial charge in [0, 0.05) is 19.2 Å². The third-order valence-electron chi connectivity index (χ3n) is 4.92. The number of nitrogens with zero attached hydrogens (tertiary/aromatic N) is 1. The smallest absolute Gasteiger partial charge is 0.322 e. The van der Waals surface area contributed by atoms with Crippen LogP contribution in [-0.4, -0.2) is 42.9 Å².